The molecule has 0 spiro atoms. The molecule has 1 aromatic rings. The fourth-order valence-corrected chi connectivity index (χ4v) is 1.96. The number of halogens is 3. The average Bonchev–Trinajstić information content (AvgIpc) is 2.47. The number of aryl methyl sites for hydroxylation is 1. The van der Waals surface area contributed by atoms with E-state index in [0.29, 0.717) is 5.82 Å². The van der Waals surface area contributed by atoms with Crippen molar-refractivity contribution >= 4 is 0 Å². The molecule has 2 unspecified atom stereocenters. The third kappa shape index (κ3) is 1.73. The van der Waals surface area contributed by atoms with Crippen LogP contribution >= 0.6 is 0 Å². The van der Waals surface area contributed by atoms with Gasteiger partial charge >= 0.3 is 6.18 Å². The lowest BCUT2D eigenvalue weighted by Crippen LogP contribution is -2.37. The molecule has 15 heavy (non-hydrogen) atoms. The van der Waals surface area contributed by atoms with Gasteiger partial charge in [-0.2, -0.15) is 13.2 Å². The van der Waals surface area contributed by atoms with Gasteiger partial charge in [-0.15, -0.1) is 0 Å². The topological polar surface area (TPSA) is 43.8 Å². The molecule has 1 aliphatic heterocycles. The van der Waals surface area contributed by atoms with Crippen LogP contribution in [0, 0.1) is 12.8 Å². The molecular weight excluding hydrogens is 207 g/mol. The highest BCUT2D eigenvalue weighted by Gasteiger charge is 2.44. The Kier molecular flexibility index (Phi) is 2.26. The predicted molar refractivity (Wildman–Crippen MR) is 48.1 cm³/mol. The van der Waals surface area contributed by atoms with Crippen LogP contribution in [-0.2, 0) is 6.54 Å². The number of nitrogens with zero attached hydrogens (tertiary/aromatic N) is 2. The molecular formula is C9H12F3N3. The van der Waals surface area contributed by atoms with Crippen LogP contribution in [0.5, 0.6) is 0 Å². The highest BCUT2D eigenvalue weighted by Crippen LogP contribution is 2.37. The van der Waals surface area contributed by atoms with E-state index in [0.717, 1.165) is 5.69 Å². The highest BCUT2D eigenvalue weighted by atomic mass is 19.4. The number of alkyl halides is 3. The van der Waals surface area contributed by atoms with Gasteiger partial charge in [0.1, 0.15) is 5.82 Å². The maximum absolute atomic E-state index is 12.6. The first-order valence-corrected chi connectivity index (χ1v) is 4.74. The van der Waals surface area contributed by atoms with Crippen LogP contribution < -0.4 is 5.73 Å². The van der Waals surface area contributed by atoms with E-state index in [1.807, 2.05) is 0 Å². The Morgan fingerprint density at radius 1 is 1.53 bits per heavy atom. The number of imidazole rings is 1. The van der Waals surface area contributed by atoms with E-state index in [4.69, 9.17) is 5.73 Å². The second-order valence-electron chi connectivity index (χ2n) is 3.95. The summed E-state index contributed by atoms with van der Waals surface area (Å²) in [6, 6.07) is -0.612. The van der Waals surface area contributed by atoms with Crippen molar-refractivity contribution in [3.8, 4) is 0 Å². The van der Waals surface area contributed by atoms with Crippen LogP contribution in [0.15, 0.2) is 6.20 Å². The number of fused-ring (bicyclic) bond motifs is 1. The Hall–Kier alpha value is -1.04. The molecule has 84 valence electrons. The summed E-state index contributed by atoms with van der Waals surface area (Å²) in [5, 5.41) is 0. The summed E-state index contributed by atoms with van der Waals surface area (Å²) in [5.74, 6) is -0.791. The molecule has 1 aromatic heterocycles. The van der Waals surface area contributed by atoms with Crippen LogP contribution in [-0.4, -0.2) is 15.7 Å². The summed E-state index contributed by atoms with van der Waals surface area (Å²) in [7, 11) is 0. The zero-order valence-electron chi connectivity index (χ0n) is 8.25. The molecule has 0 amide bonds. The SMILES string of the molecule is Cc1cnc2n1CC(C(F)(F)F)CC2N. The fraction of sp³-hybridized carbons (Fsp3) is 0.667. The third-order valence-corrected chi connectivity index (χ3v) is 2.82. The fourth-order valence-electron chi connectivity index (χ4n) is 1.96. The number of rotatable bonds is 0. The minimum atomic E-state index is -4.17. The van der Waals surface area contributed by atoms with E-state index >= 15 is 0 Å². The van der Waals surface area contributed by atoms with Crippen molar-refractivity contribution in [2.24, 2.45) is 11.7 Å². The molecule has 0 aromatic carbocycles. The molecule has 2 atom stereocenters. The average molecular weight is 219 g/mol. The smallest absolute Gasteiger partial charge is 0.330 e. The van der Waals surface area contributed by atoms with Crippen LogP contribution in [0.1, 0.15) is 24.0 Å². The Morgan fingerprint density at radius 3 is 2.80 bits per heavy atom. The highest BCUT2D eigenvalue weighted by molar-refractivity contribution is 5.10. The van der Waals surface area contributed by atoms with Gasteiger partial charge in [0.05, 0.1) is 12.0 Å². The Bertz CT molecular complexity index is 369. The van der Waals surface area contributed by atoms with E-state index in [-0.39, 0.29) is 13.0 Å². The van der Waals surface area contributed by atoms with E-state index in [2.05, 4.69) is 4.98 Å². The first kappa shape index (κ1) is 10.5. The molecule has 2 N–H and O–H groups in total. The van der Waals surface area contributed by atoms with Gasteiger partial charge in [-0.25, -0.2) is 4.98 Å². The summed E-state index contributed by atoms with van der Waals surface area (Å²) >= 11 is 0. The van der Waals surface area contributed by atoms with Crippen LogP contribution in [0.25, 0.3) is 0 Å². The van der Waals surface area contributed by atoms with Gasteiger partial charge in [0.25, 0.3) is 0 Å². The summed E-state index contributed by atoms with van der Waals surface area (Å²) in [6.45, 7) is 1.68. The van der Waals surface area contributed by atoms with Crippen molar-refractivity contribution in [3.63, 3.8) is 0 Å². The van der Waals surface area contributed by atoms with Crippen LogP contribution in [0.2, 0.25) is 0 Å². The minimum Gasteiger partial charge on any atom is -0.330 e. The van der Waals surface area contributed by atoms with Gasteiger partial charge in [0, 0.05) is 18.4 Å². The number of hydrogen-bond acceptors (Lipinski definition) is 2. The number of aromatic nitrogens is 2. The normalized spacial score (nSPS) is 26.5. The zero-order chi connectivity index (χ0) is 11.2. The first-order valence-electron chi connectivity index (χ1n) is 4.74. The number of hydrogen-bond donors (Lipinski definition) is 1. The molecule has 6 heteroatoms. The predicted octanol–water partition coefficient (Wildman–Crippen LogP) is 1.77. The Labute approximate surface area is 85.1 Å². The molecule has 3 nitrogen and oxygen atoms in total. The quantitative estimate of drug-likeness (QED) is 0.722. The molecule has 0 saturated carbocycles. The second-order valence-corrected chi connectivity index (χ2v) is 3.95. The zero-order valence-corrected chi connectivity index (χ0v) is 8.25. The monoisotopic (exact) mass is 219 g/mol. The molecule has 0 fully saturated rings. The van der Waals surface area contributed by atoms with Crippen molar-refractivity contribution in [1.82, 2.24) is 9.55 Å². The Morgan fingerprint density at radius 2 is 2.20 bits per heavy atom. The largest absolute Gasteiger partial charge is 0.393 e. The lowest BCUT2D eigenvalue weighted by Gasteiger charge is -2.30. The van der Waals surface area contributed by atoms with Gasteiger partial charge in [-0.3, -0.25) is 0 Å². The summed E-state index contributed by atoms with van der Waals surface area (Å²) in [4.78, 5) is 4.02. The summed E-state index contributed by atoms with van der Waals surface area (Å²) in [5.41, 5.74) is 6.39. The van der Waals surface area contributed by atoms with Gasteiger partial charge in [-0.1, -0.05) is 0 Å². The molecule has 2 heterocycles. The molecule has 0 aliphatic carbocycles. The standard InChI is InChI=1S/C9H12F3N3/c1-5-3-14-8-7(13)2-6(4-15(5)8)9(10,11)12/h3,6-7H,2,4,13H2,1H3. The van der Waals surface area contributed by atoms with Crippen LogP contribution in [0.3, 0.4) is 0 Å². The molecule has 0 bridgehead atoms. The van der Waals surface area contributed by atoms with Gasteiger partial charge in [-0.05, 0) is 13.3 Å². The third-order valence-electron chi connectivity index (χ3n) is 2.82. The van der Waals surface area contributed by atoms with Gasteiger partial charge in [0.2, 0.25) is 0 Å². The molecule has 2 rings (SSSR count). The van der Waals surface area contributed by atoms with Gasteiger partial charge < -0.3 is 10.3 Å². The minimum absolute atomic E-state index is 0.0572. The lowest BCUT2D eigenvalue weighted by molar-refractivity contribution is -0.184. The van der Waals surface area contributed by atoms with Gasteiger partial charge in [0.15, 0.2) is 0 Å². The molecule has 1 aliphatic rings. The molecule has 0 radical (unpaired) electrons. The van der Waals surface area contributed by atoms with E-state index in [9.17, 15) is 13.2 Å². The van der Waals surface area contributed by atoms with Crippen molar-refractivity contribution in [1.29, 1.82) is 0 Å². The molecule has 0 saturated heterocycles. The summed E-state index contributed by atoms with van der Waals surface area (Å²) in [6.07, 6.45) is -2.68. The van der Waals surface area contributed by atoms with Crippen molar-refractivity contribution < 1.29 is 13.2 Å². The van der Waals surface area contributed by atoms with Crippen LogP contribution in [0.4, 0.5) is 13.2 Å². The number of nitrogens with two attached hydrogens (primary N) is 1. The summed E-state index contributed by atoms with van der Waals surface area (Å²) < 4.78 is 39.2. The van der Waals surface area contributed by atoms with Crippen molar-refractivity contribution in [3.05, 3.63) is 17.7 Å². The van der Waals surface area contributed by atoms with E-state index in [1.54, 1.807) is 17.7 Å². The first-order chi connectivity index (χ1) is 6.89. The second kappa shape index (κ2) is 3.23. The van der Waals surface area contributed by atoms with E-state index in [1.165, 1.54) is 0 Å². The maximum atomic E-state index is 12.6. The lowest BCUT2D eigenvalue weighted by atomic mass is 9.95. The maximum Gasteiger partial charge on any atom is 0.393 e. The van der Waals surface area contributed by atoms with Crippen molar-refractivity contribution in [2.45, 2.75) is 32.1 Å². The van der Waals surface area contributed by atoms with E-state index < -0.39 is 18.1 Å². The Balaban J connectivity index is 2.33. The van der Waals surface area contributed by atoms with Crippen molar-refractivity contribution in [2.75, 3.05) is 0 Å².